The molecule has 0 bridgehead atoms. The molecule has 0 heterocycles. The summed E-state index contributed by atoms with van der Waals surface area (Å²) in [6.07, 6.45) is 0. The van der Waals surface area contributed by atoms with Crippen LogP contribution < -0.4 is 4.74 Å². The van der Waals surface area contributed by atoms with E-state index in [4.69, 9.17) is 4.74 Å². The van der Waals surface area contributed by atoms with Crippen LogP contribution in [0.15, 0.2) is 36.4 Å². The number of ether oxygens (including phenoxy) is 1. The second-order valence-electron chi connectivity index (χ2n) is 4.17. The maximum absolute atomic E-state index is 13.5. The van der Waals surface area contributed by atoms with Crippen LogP contribution in [0.4, 0.5) is 14.5 Å². The summed E-state index contributed by atoms with van der Waals surface area (Å²) in [6.45, 7) is 1.26. The van der Waals surface area contributed by atoms with Crippen LogP contribution in [-0.2, 0) is 0 Å². The van der Waals surface area contributed by atoms with Crippen LogP contribution >= 0.6 is 0 Å². The minimum Gasteiger partial charge on any atom is -0.447 e. The predicted octanol–water partition coefficient (Wildman–Crippen LogP) is 3.87. The number of rotatable bonds is 4. The quantitative estimate of drug-likeness (QED) is 0.487. The van der Waals surface area contributed by atoms with Gasteiger partial charge in [0.15, 0.2) is 17.3 Å². The van der Waals surface area contributed by atoms with Crippen molar-refractivity contribution >= 4 is 11.5 Å². The molecule has 0 aliphatic carbocycles. The van der Waals surface area contributed by atoms with Crippen LogP contribution in [0.25, 0.3) is 0 Å². The molecule has 2 aromatic carbocycles. The van der Waals surface area contributed by atoms with Crippen LogP contribution in [0.5, 0.6) is 11.5 Å². The summed E-state index contributed by atoms with van der Waals surface area (Å²) in [5.74, 6) is -2.72. The van der Waals surface area contributed by atoms with Crippen LogP contribution in [0.3, 0.4) is 0 Å². The fraction of sp³-hybridized carbons (Fsp3) is 0.0714. The van der Waals surface area contributed by atoms with Crippen LogP contribution in [0, 0.1) is 21.7 Å². The zero-order chi connectivity index (χ0) is 15.6. The SMILES string of the molecule is CC(=O)c1ccc(Oc2ccc(F)cc2F)c([N+](=O)[O-])c1. The minimum absolute atomic E-state index is 0.133. The van der Waals surface area contributed by atoms with Gasteiger partial charge in [-0.2, -0.15) is 0 Å². The second kappa shape index (κ2) is 5.66. The van der Waals surface area contributed by atoms with Crippen LogP contribution in [0.1, 0.15) is 17.3 Å². The first kappa shape index (κ1) is 14.6. The number of nitro groups is 1. The monoisotopic (exact) mass is 293 g/mol. The van der Waals surface area contributed by atoms with Crippen molar-refractivity contribution in [1.29, 1.82) is 0 Å². The molecule has 0 atom stereocenters. The zero-order valence-corrected chi connectivity index (χ0v) is 10.8. The van der Waals surface area contributed by atoms with E-state index in [0.29, 0.717) is 6.07 Å². The lowest BCUT2D eigenvalue weighted by Gasteiger charge is -2.08. The van der Waals surface area contributed by atoms with Crippen molar-refractivity contribution in [1.82, 2.24) is 0 Å². The van der Waals surface area contributed by atoms with Crippen molar-refractivity contribution in [3.63, 3.8) is 0 Å². The molecule has 0 unspecified atom stereocenters. The van der Waals surface area contributed by atoms with Crippen LogP contribution in [-0.4, -0.2) is 10.7 Å². The molecule has 7 heteroatoms. The Hall–Kier alpha value is -2.83. The standard InChI is InChI=1S/C14H9F2NO4/c1-8(18)9-2-4-14(12(6-9)17(19)20)21-13-5-3-10(15)7-11(13)16/h2-7H,1H3. The van der Waals surface area contributed by atoms with E-state index in [1.807, 2.05) is 0 Å². The molecule has 0 fully saturated rings. The average Bonchev–Trinajstić information content (AvgIpc) is 2.41. The normalized spacial score (nSPS) is 10.2. The van der Waals surface area contributed by atoms with Gasteiger partial charge in [0.2, 0.25) is 5.75 Å². The Labute approximate surface area is 117 Å². The van der Waals surface area contributed by atoms with Crippen molar-refractivity contribution in [3.05, 3.63) is 63.7 Å². The minimum atomic E-state index is -0.986. The Morgan fingerprint density at radius 2 is 1.81 bits per heavy atom. The number of halogens is 2. The number of ketones is 1. The molecule has 0 aliphatic heterocycles. The van der Waals surface area contributed by atoms with Crippen LogP contribution in [0.2, 0.25) is 0 Å². The lowest BCUT2D eigenvalue weighted by Crippen LogP contribution is -1.99. The number of hydrogen-bond acceptors (Lipinski definition) is 4. The topological polar surface area (TPSA) is 69.4 Å². The van der Waals surface area contributed by atoms with Crippen molar-refractivity contribution in [3.8, 4) is 11.5 Å². The Balaban J connectivity index is 2.44. The van der Waals surface area contributed by atoms with Crippen molar-refractivity contribution < 1.29 is 23.2 Å². The lowest BCUT2D eigenvalue weighted by molar-refractivity contribution is -0.385. The van der Waals surface area contributed by atoms with Gasteiger partial charge >= 0.3 is 5.69 Å². The third-order valence-corrected chi connectivity index (χ3v) is 2.68. The van der Waals surface area contributed by atoms with Gasteiger partial charge in [-0.25, -0.2) is 8.78 Å². The number of Topliss-reactive ketones (excluding diaryl/α,β-unsaturated/α-hetero) is 1. The average molecular weight is 293 g/mol. The highest BCUT2D eigenvalue weighted by atomic mass is 19.1. The van der Waals surface area contributed by atoms with Gasteiger partial charge in [-0.1, -0.05) is 0 Å². The van der Waals surface area contributed by atoms with Crippen molar-refractivity contribution in [2.45, 2.75) is 6.92 Å². The highest BCUT2D eigenvalue weighted by Crippen LogP contribution is 2.33. The predicted molar refractivity (Wildman–Crippen MR) is 69.5 cm³/mol. The second-order valence-corrected chi connectivity index (χ2v) is 4.17. The molecule has 0 N–H and O–H groups in total. The summed E-state index contributed by atoms with van der Waals surface area (Å²) in [7, 11) is 0. The molecule has 2 rings (SSSR count). The Morgan fingerprint density at radius 3 is 2.38 bits per heavy atom. The van der Waals surface area contributed by atoms with E-state index in [9.17, 15) is 23.7 Å². The summed E-state index contributed by atoms with van der Waals surface area (Å²) in [5, 5.41) is 11.0. The number of nitro benzene ring substituents is 1. The summed E-state index contributed by atoms with van der Waals surface area (Å²) in [4.78, 5) is 21.5. The van der Waals surface area contributed by atoms with E-state index in [2.05, 4.69) is 0 Å². The van der Waals surface area contributed by atoms with E-state index in [0.717, 1.165) is 18.2 Å². The lowest BCUT2D eigenvalue weighted by atomic mass is 10.1. The van der Waals surface area contributed by atoms with E-state index >= 15 is 0 Å². The molecule has 0 radical (unpaired) electrons. The molecule has 108 valence electrons. The summed E-state index contributed by atoms with van der Waals surface area (Å²) >= 11 is 0. The molecule has 0 saturated heterocycles. The fourth-order valence-corrected chi connectivity index (χ4v) is 1.64. The first-order valence-electron chi connectivity index (χ1n) is 5.81. The molecule has 5 nitrogen and oxygen atoms in total. The molecular weight excluding hydrogens is 284 g/mol. The summed E-state index contributed by atoms with van der Waals surface area (Å²) in [5.41, 5.74) is -0.347. The number of carbonyl (C=O) groups excluding carboxylic acids is 1. The smallest absolute Gasteiger partial charge is 0.312 e. The van der Waals surface area contributed by atoms with Gasteiger partial charge in [0, 0.05) is 17.7 Å². The first-order valence-corrected chi connectivity index (χ1v) is 5.81. The maximum atomic E-state index is 13.5. The fourth-order valence-electron chi connectivity index (χ4n) is 1.64. The van der Waals surface area contributed by atoms with Gasteiger partial charge in [0.1, 0.15) is 5.82 Å². The highest BCUT2D eigenvalue weighted by molar-refractivity contribution is 5.95. The number of carbonyl (C=O) groups is 1. The molecule has 0 aliphatic rings. The number of nitrogens with zero attached hydrogens (tertiary/aromatic N) is 1. The number of benzene rings is 2. The van der Waals surface area contributed by atoms with E-state index < -0.39 is 22.2 Å². The van der Waals surface area contributed by atoms with E-state index in [1.165, 1.54) is 19.1 Å². The third kappa shape index (κ3) is 3.19. The largest absolute Gasteiger partial charge is 0.447 e. The van der Waals surface area contributed by atoms with Gasteiger partial charge in [-0.15, -0.1) is 0 Å². The highest BCUT2D eigenvalue weighted by Gasteiger charge is 2.19. The molecule has 21 heavy (non-hydrogen) atoms. The molecule has 0 amide bonds. The van der Waals surface area contributed by atoms with Gasteiger partial charge in [0.25, 0.3) is 0 Å². The van der Waals surface area contributed by atoms with Gasteiger partial charge in [-0.05, 0) is 31.2 Å². The van der Waals surface area contributed by atoms with E-state index in [1.54, 1.807) is 0 Å². The number of hydrogen-bond donors (Lipinski definition) is 0. The molecule has 0 spiro atoms. The Kier molecular flexibility index (Phi) is 3.93. The molecule has 2 aromatic rings. The molecule has 0 saturated carbocycles. The Bertz CT molecular complexity index is 731. The first-order chi connectivity index (χ1) is 9.88. The summed E-state index contributed by atoms with van der Waals surface area (Å²) < 4.78 is 31.4. The summed E-state index contributed by atoms with van der Waals surface area (Å²) in [6, 6.07) is 6.15. The third-order valence-electron chi connectivity index (χ3n) is 2.68. The zero-order valence-electron chi connectivity index (χ0n) is 10.8. The van der Waals surface area contributed by atoms with Crippen molar-refractivity contribution in [2.75, 3.05) is 0 Å². The van der Waals surface area contributed by atoms with Gasteiger partial charge in [-0.3, -0.25) is 14.9 Å². The van der Waals surface area contributed by atoms with Gasteiger partial charge in [0.05, 0.1) is 4.92 Å². The van der Waals surface area contributed by atoms with Crippen molar-refractivity contribution in [2.24, 2.45) is 0 Å². The van der Waals surface area contributed by atoms with E-state index in [-0.39, 0.29) is 22.8 Å². The molecular formula is C14H9F2NO4. The Morgan fingerprint density at radius 1 is 1.14 bits per heavy atom. The maximum Gasteiger partial charge on any atom is 0.312 e. The van der Waals surface area contributed by atoms with Gasteiger partial charge < -0.3 is 4.74 Å². The molecule has 0 aromatic heterocycles.